The number of carbonyl (C=O) groups is 2. The third kappa shape index (κ3) is 4.69. The minimum absolute atomic E-state index is 0.105. The maximum absolute atomic E-state index is 12.2. The molecule has 0 saturated heterocycles. The number of esters is 1. The van der Waals surface area contributed by atoms with E-state index < -0.39 is 0 Å². The van der Waals surface area contributed by atoms with Crippen LogP contribution in [0.25, 0.3) is 0 Å². The van der Waals surface area contributed by atoms with Gasteiger partial charge in [-0.05, 0) is 37.0 Å². The summed E-state index contributed by atoms with van der Waals surface area (Å²) < 4.78 is 5.69. The maximum atomic E-state index is 12.2. The largest absolute Gasteiger partial charge is 0.460 e. The first-order valence-corrected chi connectivity index (χ1v) is 8.82. The summed E-state index contributed by atoms with van der Waals surface area (Å²) in [7, 11) is 0. The highest BCUT2D eigenvalue weighted by atomic mass is 16.5. The van der Waals surface area contributed by atoms with Gasteiger partial charge in [-0.1, -0.05) is 55.0 Å². The number of rotatable bonds is 5. The molecule has 1 saturated carbocycles. The summed E-state index contributed by atoms with van der Waals surface area (Å²) in [5.74, 6) is -0.401. The van der Waals surface area contributed by atoms with Crippen molar-refractivity contribution in [3.05, 3.63) is 71.8 Å². The molecule has 1 aliphatic carbocycles. The quantitative estimate of drug-likeness (QED) is 0.847. The molecule has 4 nitrogen and oxygen atoms in total. The van der Waals surface area contributed by atoms with Gasteiger partial charge in [0.25, 0.3) is 5.91 Å². The zero-order chi connectivity index (χ0) is 17.5. The molecule has 4 heteroatoms. The van der Waals surface area contributed by atoms with Crippen LogP contribution in [0.3, 0.4) is 0 Å². The number of ether oxygens (including phenoxy) is 1. The zero-order valence-corrected chi connectivity index (χ0v) is 14.2. The smallest absolute Gasteiger partial charge is 0.325 e. The normalized spacial score (nSPS) is 19.8. The first-order chi connectivity index (χ1) is 12.2. The second-order valence-electron chi connectivity index (χ2n) is 6.38. The Hall–Kier alpha value is -2.62. The van der Waals surface area contributed by atoms with E-state index in [4.69, 9.17) is 4.74 Å². The van der Waals surface area contributed by atoms with Gasteiger partial charge in [0.2, 0.25) is 0 Å². The van der Waals surface area contributed by atoms with E-state index in [2.05, 4.69) is 17.4 Å². The van der Waals surface area contributed by atoms with E-state index in [9.17, 15) is 9.59 Å². The Morgan fingerprint density at radius 2 is 1.56 bits per heavy atom. The van der Waals surface area contributed by atoms with E-state index in [1.807, 2.05) is 24.3 Å². The molecule has 1 fully saturated rings. The summed E-state index contributed by atoms with van der Waals surface area (Å²) in [6.45, 7) is -0.105. The second kappa shape index (κ2) is 8.47. The summed E-state index contributed by atoms with van der Waals surface area (Å²) in [6, 6.07) is 19.1. The van der Waals surface area contributed by atoms with E-state index in [0.717, 1.165) is 25.7 Å². The van der Waals surface area contributed by atoms with Crippen LogP contribution in [0.2, 0.25) is 0 Å². The van der Waals surface area contributed by atoms with Crippen LogP contribution in [0.5, 0.6) is 0 Å². The molecule has 130 valence electrons. The van der Waals surface area contributed by atoms with Crippen LogP contribution in [0.15, 0.2) is 60.7 Å². The topological polar surface area (TPSA) is 55.4 Å². The van der Waals surface area contributed by atoms with Crippen LogP contribution >= 0.6 is 0 Å². The van der Waals surface area contributed by atoms with E-state index in [1.165, 1.54) is 5.56 Å². The summed E-state index contributed by atoms with van der Waals surface area (Å²) in [6.07, 6.45) is 4.00. The average molecular weight is 337 g/mol. The average Bonchev–Trinajstić information content (AvgIpc) is 2.68. The van der Waals surface area contributed by atoms with Gasteiger partial charge in [0.1, 0.15) is 12.6 Å². The predicted molar refractivity (Wildman–Crippen MR) is 96.3 cm³/mol. The van der Waals surface area contributed by atoms with Gasteiger partial charge in [0, 0.05) is 11.5 Å². The van der Waals surface area contributed by atoms with Crippen molar-refractivity contribution in [3.63, 3.8) is 0 Å². The lowest BCUT2D eigenvalue weighted by molar-refractivity contribution is -0.150. The minimum atomic E-state index is -0.378. The number of hydrogen-bond acceptors (Lipinski definition) is 3. The first-order valence-electron chi connectivity index (χ1n) is 8.82. The minimum Gasteiger partial charge on any atom is -0.460 e. The van der Waals surface area contributed by atoms with Crippen LogP contribution in [0, 0.1) is 0 Å². The van der Waals surface area contributed by atoms with Gasteiger partial charge >= 0.3 is 5.97 Å². The molecule has 0 heterocycles. The predicted octanol–water partition coefficient (Wildman–Crippen LogP) is 3.69. The van der Waals surface area contributed by atoms with Crippen LogP contribution in [-0.4, -0.2) is 24.5 Å². The number of carbonyl (C=O) groups excluding carboxylic acids is 2. The van der Waals surface area contributed by atoms with Gasteiger partial charge in [-0.25, -0.2) is 0 Å². The van der Waals surface area contributed by atoms with E-state index in [-0.39, 0.29) is 30.4 Å². The number of benzene rings is 2. The highest BCUT2D eigenvalue weighted by Crippen LogP contribution is 2.34. The summed E-state index contributed by atoms with van der Waals surface area (Å²) in [5, 5.41) is 2.63. The second-order valence-corrected chi connectivity index (χ2v) is 6.38. The van der Waals surface area contributed by atoms with Crippen molar-refractivity contribution in [1.29, 1.82) is 0 Å². The van der Waals surface area contributed by atoms with Crippen molar-refractivity contribution >= 4 is 11.9 Å². The number of amides is 1. The molecule has 1 aliphatic rings. The third-order valence-corrected chi connectivity index (χ3v) is 4.64. The maximum Gasteiger partial charge on any atom is 0.325 e. The lowest BCUT2D eigenvalue weighted by Crippen LogP contribution is -2.35. The van der Waals surface area contributed by atoms with E-state index >= 15 is 0 Å². The monoisotopic (exact) mass is 337 g/mol. The van der Waals surface area contributed by atoms with Gasteiger partial charge in [0.15, 0.2) is 0 Å². The Morgan fingerprint density at radius 3 is 2.28 bits per heavy atom. The molecule has 25 heavy (non-hydrogen) atoms. The fourth-order valence-electron chi connectivity index (χ4n) is 3.37. The van der Waals surface area contributed by atoms with Gasteiger partial charge < -0.3 is 10.1 Å². The van der Waals surface area contributed by atoms with Gasteiger partial charge in [-0.3, -0.25) is 9.59 Å². The molecule has 0 aliphatic heterocycles. The highest BCUT2D eigenvalue weighted by Gasteiger charge is 2.29. The Morgan fingerprint density at radius 1 is 0.920 bits per heavy atom. The molecule has 0 aromatic heterocycles. The molecular formula is C21H23NO3. The molecular weight excluding hydrogens is 314 g/mol. The first kappa shape index (κ1) is 17.2. The fraction of sp³-hybridized carbons (Fsp3) is 0.333. The van der Waals surface area contributed by atoms with Crippen molar-refractivity contribution in [2.45, 2.75) is 37.7 Å². The van der Waals surface area contributed by atoms with Crippen molar-refractivity contribution in [1.82, 2.24) is 5.32 Å². The molecule has 2 aromatic carbocycles. The van der Waals surface area contributed by atoms with Crippen LogP contribution in [0.1, 0.15) is 47.5 Å². The summed E-state index contributed by atoms with van der Waals surface area (Å²) in [4.78, 5) is 24.2. The SMILES string of the molecule is O=C(CNC(=O)c1ccccc1)O[C@H]1CCCC[C@@H]1c1ccccc1. The van der Waals surface area contributed by atoms with Crippen molar-refractivity contribution in [2.75, 3.05) is 6.54 Å². The lowest BCUT2D eigenvalue weighted by Gasteiger charge is -2.31. The highest BCUT2D eigenvalue weighted by molar-refractivity contribution is 5.95. The van der Waals surface area contributed by atoms with Crippen molar-refractivity contribution in [2.24, 2.45) is 0 Å². The third-order valence-electron chi connectivity index (χ3n) is 4.64. The summed E-state index contributed by atoms with van der Waals surface area (Å²) >= 11 is 0. The standard InChI is InChI=1S/C21H23NO3/c23-20(15-22-21(24)17-11-5-2-6-12-17)25-19-14-8-7-13-18(19)16-9-3-1-4-10-16/h1-6,9-12,18-19H,7-8,13-15H2,(H,22,24)/t18-,19+/m1/s1. The molecule has 3 rings (SSSR count). The summed E-state index contributed by atoms with van der Waals surface area (Å²) in [5.41, 5.74) is 1.75. The number of hydrogen-bond donors (Lipinski definition) is 1. The molecule has 0 unspecified atom stereocenters. The van der Waals surface area contributed by atoms with Crippen LogP contribution in [0.4, 0.5) is 0 Å². The lowest BCUT2D eigenvalue weighted by atomic mass is 9.81. The molecule has 0 radical (unpaired) electrons. The van der Waals surface area contributed by atoms with E-state index in [0.29, 0.717) is 5.56 Å². The van der Waals surface area contributed by atoms with Crippen LogP contribution in [-0.2, 0) is 9.53 Å². The van der Waals surface area contributed by atoms with Crippen molar-refractivity contribution < 1.29 is 14.3 Å². The Balaban J connectivity index is 1.55. The molecule has 2 atom stereocenters. The van der Waals surface area contributed by atoms with Crippen LogP contribution < -0.4 is 5.32 Å². The molecule has 0 spiro atoms. The van der Waals surface area contributed by atoms with Gasteiger partial charge in [-0.15, -0.1) is 0 Å². The fourth-order valence-corrected chi connectivity index (χ4v) is 3.37. The van der Waals surface area contributed by atoms with Crippen molar-refractivity contribution in [3.8, 4) is 0 Å². The number of nitrogens with one attached hydrogen (secondary N) is 1. The Bertz CT molecular complexity index is 700. The Kier molecular flexibility index (Phi) is 5.83. The molecule has 0 bridgehead atoms. The molecule has 2 aromatic rings. The van der Waals surface area contributed by atoms with E-state index in [1.54, 1.807) is 24.3 Å². The van der Waals surface area contributed by atoms with Gasteiger partial charge in [-0.2, -0.15) is 0 Å². The van der Waals surface area contributed by atoms with Gasteiger partial charge in [0.05, 0.1) is 0 Å². The zero-order valence-electron chi connectivity index (χ0n) is 14.2. The molecule has 1 amide bonds. The molecule has 1 N–H and O–H groups in total. The Labute approximate surface area is 148 Å².